The minimum atomic E-state index is -0.0927. The average molecular weight is 333 g/mol. The summed E-state index contributed by atoms with van der Waals surface area (Å²) in [6, 6.07) is 18.5. The van der Waals surface area contributed by atoms with Crippen molar-refractivity contribution in [2.24, 2.45) is 0 Å². The number of hydrogen-bond acceptors (Lipinski definition) is 2. The second-order valence-electron chi connectivity index (χ2n) is 6.42. The highest BCUT2D eigenvalue weighted by Gasteiger charge is 2.17. The van der Waals surface area contributed by atoms with Gasteiger partial charge in [-0.2, -0.15) is 5.10 Å². The van der Waals surface area contributed by atoms with Gasteiger partial charge in [-0.05, 0) is 32.3 Å². The molecular formula is C21H23N3O. The number of aromatic nitrogens is 2. The van der Waals surface area contributed by atoms with E-state index < -0.39 is 0 Å². The van der Waals surface area contributed by atoms with E-state index in [0.717, 1.165) is 24.1 Å². The van der Waals surface area contributed by atoms with E-state index in [1.807, 2.05) is 56.3 Å². The van der Waals surface area contributed by atoms with E-state index in [2.05, 4.69) is 27.6 Å². The predicted molar refractivity (Wildman–Crippen MR) is 100 cm³/mol. The SMILES string of the molecule is Cc1ccc(-c2[nH]ncc2C(=O)N[C@@H](C)CCc2ccccc2)cc1. The molecule has 3 rings (SSSR count). The smallest absolute Gasteiger partial charge is 0.255 e. The van der Waals surface area contributed by atoms with Gasteiger partial charge in [0.15, 0.2) is 0 Å². The summed E-state index contributed by atoms with van der Waals surface area (Å²) in [5, 5.41) is 10.1. The number of aryl methyl sites for hydroxylation is 2. The molecule has 0 aliphatic heterocycles. The van der Waals surface area contributed by atoms with E-state index in [0.29, 0.717) is 5.56 Å². The Morgan fingerprint density at radius 1 is 1.12 bits per heavy atom. The number of amides is 1. The summed E-state index contributed by atoms with van der Waals surface area (Å²) in [6.07, 6.45) is 3.43. The zero-order valence-electron chi connectivity index (χ0n) is 14.6. The van der Waals surface area contributed by atoms with E-state index in [1.54, 1.807) is 6.20 Å². The third-order valence-corrected chi connectivity index (χ3v) is 4.31. The van der Waals surface area contributed by atoms with Gasteiger partial charge in [-0.3, -0.25) is 9.89 Å². The molecule has 4 heteroatoms. The van der Waals surface area contributed by atoms with Gasteiger partial charge in [0.2, 0.25) is 0 Å². The molecule has 4 nitrogen and oxygen atoms in total. The predicted octanol–water partition coefficient (Wildman–Crippen LogP) is 4.14. The molecule has 0 fully saturated rings. The van der Waals surface area contributed by atoms with Gasteiger partial charge in [-0.25, -0.2) is 0 Å². The molecule has 0 saturated heterocycles. The normalized spacial score (nSPS) is 11.9. The van der Waals surface area contributed by atoms with Crippen molar-refractivity contribution in [1.82, 2.24) is 15.5 Å². The maximum Gasteiger partial charge on any atom is 0.255 e. The van der Waals surface area contributed by atoms with Crippen molar-refractivity contribution in [2.75, 3.05) is 0 Å². The minimum absolute atomic E-state index is 0.0912. The molecule has 2 N–H and O–H groups in total. The summed E-state index contributed by atoms with van der Waals surface area (Å²) in [5.74, 6) is -0.0927. The molecule has 1 aromatic heterocycles. The molecule has 1 atom stereocenters. The Labute approximate surface area is 148 Å². The van der Waals surface area contributed by atoms with Crippen LogP contribution in [-0.4, -0.2) is 22.1 Å². The van der Waals surface area contributed by atoms with Gasteiger partial charge in [0.25, 0.3) is 5.91 Å². The van der Waals surface area contributed by atoms with Crippen LogP contribution in [-0.2, 0) is 6.42 Å². The van der Waals surface area contributed by atoms with Crippen molar-refractivity contribution in [3.8, 4) is 11.3 Å². The van der Waals surface area contributed by atoms with Crippen LogP contribution in [0.25, 0.3) is 11.3 Å². The zero-order chi connectivity index (χ0) is 17.6. The Morgan fingerprint density at radius 2 is 1.84 bits per heavy atom. The summed E-state index contributed by atoms with van der Waals surface area (Å²) >= 11 is 0. The topological polar surface area (TPSA) is 57.8 Å². The second-order valence-corrected chi connectivity index (χ2v) is 6.42. The van der Waals surface area contributed by atoms with Crippen LogP contribution >= 0.6 is 0 Å². The molecule has 2 aromatic carbocycles. The van der Waals surface area contributed by atoms with Crippen LogP contribution in [0, 0.1) is 6.92 Å². The quantitative estimate of drug-likeness (QED) is 0.712. The van der Waals surface area contributed by atoms with Gasteiger partial charge in [-0.1, -0.05) is 60.2 Å². The van der Waals surface area contributed by atoms with E-state index in [-0.39, 0.29) is 11.9 Å². The fraction of sp³-hybridized carbons (Fsp3) is 0.238. The van der Waals surface area contributed by atoms with E-state index in [1.165, 1.54) is 11.1 Å². The molecule has 1 heterocycles. The molecule has 3 aromatic rings. The van der Waals surface area contributed by atoms with E-state index in [9.17, 15) is 4.79 Å². The highest BCUT2D eigenvalue weighted by Crippen LogP contribution is 2.21. The number of carbonyl (C=O) groups is 1. The first-order chi connectivity index (χ1) is 12.1. The summed E-state index contributed by atoms with van der Waals surface area (Å²) in [6.45, 7) is 4.07. The molecule has 0 bridgehead atoms. The van der Waals surface area contributed by atoms with Gasteiger partial charge >= 0.3 is 0 Å². The van der Waals surface area contributed by atoms with Crippen molar-refractivity contribution in [2.45, 2.75) is 32.7 Å². The minimum Gasteiger partial charge on any atom is -0.349 e. The number of nitrogens with one attached hydrogen (secondary N) is 2. The van der Waals surface area contributed by atoms with Crippen molar-refractivity contribution in [3.05, 3.63) is 77.5 Å². The molecule has 25 heavy (non-hydrogen) atoms. The van der Waals surface area contributed by atoms with Crippen LogP contribution in [0.2, 0.25) is 0 Å². The lowest BCUT2D eigenvalue weighted by atomic mass is 10.0. The number of hydrogen-bond donors (Lipinski definition) is 2. The van der Waals surface area contributed by atoms with Crippen LogP contribution in [0.4, 0.5) is 0 Å². The lowest BCUT2D eigenvalue weighted by Gasteiger charge is -2.14. The molecule has 0 radical (unpaired) electrons. The van der Waals surface area contributed by atoms with Crippen LogP contribution < -0.4 is 5.32 Å². The Morgan fingerprint density at radius 3 is 2.56 bits per heavy atom. The number of aromatic amines is 1. The lowest BCUT2D eigenvalue weighted by Crippen LogP contribution is -2.33. The molecule has 0 spiro atoms. The molecule has 0 saturated carbocycles. The lowest BCUT2D eigenvalue weighted by molar-refractivity contribution is 0.0939. The Bertz CT molecular complexity index is 822. The fourth-order valence-corrected chi connectivity index (χ4v) is 2.80. The van der Waals surface area contributed by atoms with Crippen LogP contribution in [0.15, 0.2) is 60.8 Å². The fourth-order valence-electron chi connectivity index (χ4n) is 2.80. The van der Waals surface area contributed by atoms with Crippen molar-refractivity contribution in [3.63, 3.8) is 0 Å². The van der Waals surface area contributed by atoms with Gasteiger partial charge in [0.1, 0.15) is 0 Å². The molecule has 0 aliphatic rings. The molecule has 0 unspecified atom stereocenters. The third kappa shape index (κ3) is 4.35. The molecule has 1 amide bonds. The molecule has 0 aliphatic carbocycles. The highest BCUT2D eigenvalue weighted by atomic mass is 16.1. The number of H-pyrrole nitrogens is 1. The summed E-state index contributed by atoms with van der Waals surface area (Å²) < 4.78 is 0. The Balaban J connectivity index is 1.63. The number of nitrogens with zero attached hydrogens (tertiary/aromatic N) is 1. The number of rotatable bonds is 6. The van der Waals surface area contributed by atoms with E-state index >= 15 is 0 Å². The van der Waals surface area contributed by atoms with Crippen LogP contribution in [0.5, 0.6) is 0 Å². The van der Waals surface area contributed by atoms with Crippen molar-refractivity contribution in [1.29, 1.82) is 0 Å². The molecular weight excluding hydrogens is 310 g/mol. The van der Waals surface area contributed by atoms with Gasteiger partial charge in [-0.15, -0.1) is 0 Å². The van der Waals surface area contributed by atoms with Gasteiger partial charge in [0.05, 0.1) is 17.5 Å². The zero-order valence-corrected chi connectivity index (χ0v) is 14.6. The number of benzene rings is 2. The maximum absolute atomic E-state index is 12.6. The standard InChI is InChI=1S/C21H23N3O/c1-15-8-12-18(13-9-15)20-19(14-22-24-20)21(25)23-16(2)10-11-17-6-4-3-5-7-17/h3-9,12-14,16H,10-11H2,1-2H3,(H,22,24)(H,23,25)/t16-/m0/s1. The first-order valence-electron chi connectivity index (χ1n) is 8.58. The van der Waals surface area contributed by atoms with Gasteiger partial charge < -0.3 is 5.32 Å². The summed E-state index contributed by atoms with van der Waals surface area (Å²) in [7, 11) is 0. The van der Waals surface area contributed by atoms with Gasteiger partial charge in [0, 0.05) is 11.6 Å². The first kappa shape index (κ1) is 17.0. The van der Waals surface area contributed by atoms with Crippen LogP contribution in [0.3, 0.4) is 0 Å². The molecule has 128 valence electrons. The number of carbonyl (C=O) groups excluding carboxylic acids is 1. The first-order valence-corrected chi connectivity index (χ1v) is 8.58. The van der Waals surface area contributed by atoms with Crippen molar-refractivity contribution < 1.29 is 4.79 Å². The van der Waals surface area contributed by atoms with E-state index in [4.69, 9.17) is 0 Å². The second kappa shape index (κ2) is 7.79. The largest absolute Gasteiger partial charge is 0.349 e. The third-order valence-electron chi connectivity index (χ3n) is 4.31. The Hall–Kier alpha value is -2.88. The maximum atomic E-state index is 12.6. The van der Waals surface area contributed by atoms with Crippen molar-refractivity contribution >= 4 is 5.91 Å². The summed E-state index contributed by atoms with van der Waals surface area (Å²) in [4.78, 5) is 12.6. The average Bonchev–Trinajstić information content (AvgIpc) is 3.11. The summed E-state index contributed by atoms with van der Waals surface area (Å²) in [5.41, 5.74) is 4.77. The monoisotopic (exact) mass is 333 g/mol. The Kier molecular flexibility index (Phi) is 5.29. The van der Waals surface area contributed by atoms with Crippen LogP contribution in [0.1, 0.15) is 34.8 Å². The highest BCUT2D eigenvalue weighted by molar-refractivity contribution is 5.99.